The molecule has 0 aliphatic carbocycles. The van der Waals surface area contributed by atoms with Gasteiger partial charge in [0.15, 0.2) is 6.29 Å². The Hall–Kier alpha value is -0.850. The van der Waals surface area contributed by atoms with E-state index in [0.29, 0.717) is 6.42 Å². The van der Waals surface area contributed by atoms with Crippen LogP contribution in [0.15, 0.2) is 0 Å². The Morgan fingerprint density at radius 2 is 0.945 bits per heavy atom. The third-order valence-corrected chi connectivity index (χ3v) is 11.6. The number of ether oxygens (including phenoxy) is 2. The van der Waals surface area contributed by atoms with Crippen molar-refractivity contribution >= 4 is 5.91 Å². The average molecular weight is 788 g/mol. The van der Waals surface area contributed by atoms with E-state index in [1.165, 1.54) is 154 Å². The smallest absolute Gasteiger partial charge is 0.220 e. The van der Waals surface area contributed by atoms with Gasteiger partial charge >= 0.3 is 0 Å². The molecule has 1 aliphatic rings. The summed E-state index contributed by atoms with van der Waals surface area (Å²) in [5.74, 6) is -0.262. The van der Waals surface area contributed by atoms with Crippen LogP contribution >= 0.6 is 0 Å². The quantitative estimate of drug-likeness (QED) is 0.0302. The molecule has 1 aliphatic heterocycles. The number of aliphatic hydroxyl groups is 6. The molecule has 0 aromatic rings. The molecule has 8 atom stereocenters. The first-order valence-corrected chi connectivity index (χ1v) is 23.3. The SMILES string of the molecule is CCCCCCCCCCCCCCCCCCCCCCCCCCCCCC(=O)N[C@@H](CO[C@H]1O[C@H](CO)[C@H](O)[C@H](O)[C@H]1O)[C@H](O)[C@H](O)CCCCC. The summed E-state index contributed by atoms with van der Waals surface area (Å²) in [6.45, 7) is 3.43. The maximum absolute atomic E-state index is 12.8. The fourth-order valence-electron chi connectivity index (χ4n) is 7.73. The number of nitrogens with one attached hydrogen (secondary N) is 1. The molecule has 10 heteroatoms. The summed E-state index contributed by atoms with van der Waals surface area (Å²) in [7, 11) is 0. The Bertz CT molecular complexity index is 849. The zero-order chi connectivity index (χ0) is 40.4. The van der Waals surface area contributed by atoms with Crippen LogP contribution in [0.5, 0.6) is 0 Å². The van der Waals surface area contributed by atoms with Gasteiger partial charge in [0.25, 0.3) is 0 Å². The Morgan fingerprint density at radius 3 is 1.35 bits per heavy atom. The predicted molar refractivity (Wildman–Crippen MR) is 223 cm³/mol. The van der Waals surface area contributed by atoms with E-state index in [0.717, 1.165) is 38.5 Å². The molecule has 0 saturated carbocycles. The summed E-state index contributed by atoms with van der Waals surface area (Å²) in [4.78, 5) is 12.8. The zero-order valence-electron chi connectivity index (χ0n) is 35.6. The van der Waals surface area contributed by atoms with Crippen molar-refractivity contribution in [1.82, 2.24) is 5.32 Å². The number of hydrogen-bond donors (Lipinski definition) is 7. The molecular formula is C45H89NO9. The van der Waals surface area contributed by atoms with Crippen LogP contribution in [0.1, 0.15) is 219 Å². The lowest BCUT2D eigenvalue weighted by Gasteiger charge is -2.40. The highest BCUT2D eigenvalue weighted by molar-refractivity contribution is 5.76. The third kappa shape index (κ3) is 26.7. The van der Waals surface area contributed by atoms with Gasteiger partial charge in [0.1, 0.15) is 30.5 Å². The minimum Gasteiger partial charge on any atom is -0.394 e. The molecule has 0 aromatic carbocycles. The highest BCUT2D eigenvalue weighted by atomic mass is 16.7. The number of unbranched alkanes of at least 4 members (excludes halogenated alkanes) is 28. The highest BCUT2D eigenvalue weighted by Gasteiger charge is 2.44. The molecule has 1 heterocycles. The molecule has 55 heavy (non-hydrogen) atoms. The second kappa shape index (κ2) is 36.2. The van der Waals surface area contributed by atoms with Crippen LogP contribution in [0, 0.1) is 0 Å². The normalized spacial score (nSPS) is 21.8. The Labute approximate surface area is 336 Å². The Kier molecular flexibility index (Phi) is 34.4. The van der Waals surface area contributed by atoms with Gasteiger partial charge in [-0.1, -0.05) is 200 Å². The van der Waals surface area contributed by atoms with Crippen molar-refractivity contribution in [3.8, 4) is 0 Å². The first-order chi connectivity index (χ1) is 26.8. The number of hydrogen-bond acceptors (Lipinski definition) is 9. The van der Waals surface area contributed by atoms with Gasteiger partial charge in [-0.2, -0.15) is 0 Å². The highest BCUT2D eigenvalue weighted by Crippen LogP contribution is 2.23. The molecule has 0 unspecified atom stereocenters. The minimum absolute atomic E-state index is 0.262. The van der Waals surface area contributed by atoms with Gasteiger partial charge in [0.05, 0.1) is 25.4 Å². The number of aliphatic hydroxyl groups excluding tert-OH is 6. The monoisotopic (exact) mass is 788 g/mol. The molecule has 328 valence electrons. The first-order valence-electron chi connectivity index (χ1n) is 23.3. The van der Waals surface area contributed by atoms with Gasteiger partial charge in [0, 0.05) is 6.42 Å². The van der Waals surface area contributed by atoms with Crippen LogP contribution < -0.4 is 5.32 Å². The summed E-state index contributed by atoms with van der Waals surface area (Å²) >= 11 is 0. The minimum atomic E-state index is -1.60. The standard InChI is InChI=1S/C45H89NO9/c1-3-5-7-8-9-10-11-12-13-14-15-16-17-18-19-20-21-22-23-24-25-26-27-28-29-30-32-34-40(49)46-37(41(50)38(48)33-31-6-4-2)36-54-45-44(53)43(52)42(51)39(35-47)55-45/h37-39,41-45,47-48,50-53H,3-36H2,1-2H3,(H,46,49)/t37-,38+,39+,41-,42-,43-,44+,45-/m0/s1. The van der Waals surface area contributed by atoms with Crippen LogP contribution in [0.25, 0.3) is 0 Å². The summed E-state index contributed by atoms with van der Waals surface area (Å²) in [5.41, 5.74) is 0. The van der Waals surface area contributed by atoms with Gasteiger partial charge in [-0.25, -0.2) is 0 Å². The Balaban J connectivity index is 2.07. The maximum Gasteiger partial charge on any atom is 0.220 e. The summed E-state index contributed by atoms with van der Waals surface area (Å²) < 4.78 is 11.0. The van der Waals surface area contributed by atoms with Crippen LogP contribution in [0.3, 0.4) is 0 Å². The van der Waals surface area contributed by atoms with Crippen LogP contribution in [0.2, 0.25) is 0 Å². The van der Waals surface area contributed by atoms with E-state index >= 15 is 0 Å². The van der Waals surface area contributed by atoms with Crippen molar-refractivity contribution in [1.29, 1.82) is 0 Å². The molecule has 1 amide bonds. The van der Waals surface area contributed by atoms with Gasteiger partial charge in [-0.05, 0) is 12.8 Å². The zero-order valence-corrected chi connectivity index (χ0v) is 35.6. The van der Waals surface area contributed by atoms with Gasteiger partial charge in [0.2, 0.25) is 5.91 Å². The van der Waals surface area contributed by atoms with E-state index in [-0.39, 0.29) is 18.9 Å². The largest absolute Gasteiger partial charge is 0.394 e. The number of carbonyl (C=O) groups is 1. The van der Waals surface area contributed by atoms with Gasteiger partial charge in [-0.15, -0.1) is 0 Å². The van der Waals surface area contributed by atoms with Crippen LogP contribution in [-0.2, 0) is 14.3 Å². The lowest BCUT2D eigenvalue weighted by molar-refractivity contribution is -0.303. The summed E-state index contributed by atoms with van der Waals surface area (Å²) in [5, 5.41) is 64.2. The Morgan fingerprint density at radius 1 is 0.564 bits per heavy atom. The fraction of sp³-hybridized carbons (Fsp3) is 0.978. The van der Waals surface area contributed by atoms with E-state index in [2.05, 4.69) is 12.2 Å². The lowest BCUT2D eigenvalue weighted by Crippen LogP contribution is -2.60. The molecule has 1 saturated heterocycles. The maximum atomic E-state index is 12.8. The van der Waals surface area contributed by atoms with Crippen molar-refractivity contribution in [2.24, 2.45) is 0 Å². The average Bonchev–Trinajstić information content (AvgIpc) is 3.18. The topological polar surface area (TPSA) is 169 Å². The first kappa shape index (κ1) is 52.2. The molecular weight excluding hydrogens is 698 g/mol. The van der Waals surface area contributed by atoms with Gasteiger partial charge < -0.3 is 45.4 Å². The number of rotatable bonds is 39. The number of carbonyl (C=O) groups excluding carboxylic acids is 1. The second-order valence-electron chi connectivity index (χ2n) is 16.7. The molecule has 10 nitrogen and oxygen atoms in total. The lowest BCUT2D eigenvalue weighted by atomic mass is 9.99. The summed E-state index contributed by atoms with van der Waals surface area (Å²) in [6, 6.07) is -0.981. The third-order valence-electron chi connectivity index (χ3n) is 11.6. The van der Waals surface area contributed by atoms with E-state index in [1.54, 1.807) is 0 Å². The number of amides is 1. The van der Waals surface area contributed by atoms with Crippen molar-refractivity contribution in [2.45, 2.75) is 268 Å². The van der Waals surface area contributed by atoms with Gasteiger partial charge in [-0.3, -0.25) is 4.79 Å². The second-order valence-corrected chi connectivity index (χ2v) is 16.7. The summed E-state index contributed by atoms with van der Waals surface area (Å²) in [6.07, 6.45) is 29.6. The molecule has 0 bridgehead atoms. The predicted octanol–water partition coefficient (Wildman–Crippen LogP) is 8.53. The molecule has 0 spiro atoms. The van der Waals surface area contributed by atoms with E-state index in [4.69, 9.17) is 9.47 Å². The van der Waals surface area contributed by atoms with E-state index in [9.17, 15) is 35.4 Å². The molecule has 0 aromatic heterocycles. The van der Waals surface area contributed by atoms with Crippen LogP contribution in [0.4, 0.5) is 0 Å². The van der Waals surface area contributed by atoms with E-state index < -0.39 is 55.6 Å². The molecule has 0 radical (unpaired) electrons. The van der Waals surface area contributed by atoms with Crippen molar-refractivity contribution in [3.63, 3.8) is 0 Å². The molecule has 1 fully saturated rings. The van der Waals surface area contributed by atoms with Crippen molar-refractivity contribution in [3.05, 3.63) is 0 Å². The van der Waals surface area contributed by atoms with E-state index in [1.807, 2.05) is 6.92 Å². The van der Waals surface area contributed by atoms with Crippen molar-refractivity contribution in [2.75, 3.05) is 13.2 Å². The molecule has 1 rings (SSSR count). The van der Waals surface area contributed by atoms with Crippen LogP contribution in [-0.4, -0.2) is 98.7 Å². The van der Waals surface area contributed by atoms with Crippen molar-refractivity contribution < 1.29 is 44.9 Å². The fourth-order valence-corrected chi connectivity index (χ4v) is 7.73. The molecule has 7 N–H and O–H groups in total.